The summed E-state index contributed by atoms with van der Waals surface area (Å²) in [7, 11) is 0. The van der Waals surface area contributed by atoms with Gasteiger partial charge < -0.3 is 10.4 Å². The molecule has 18 heavy (non-hydrogen) atoms. The van der Waals surface area contributed by atoms with Crippen molar-refractivity contribution in [1.82, 2.24) is 14.6 Å². The summed E-state index contributed by atoms with van der Waals surface area (Å²) < 4.78 is 1.63. The van der Waals surface area contributed by atoms with Crippen LogP contribution in [-0.2, 0) is 0 Å². The van der Waals surface area contributed by atoms with Crippen LogP contribution in [0.4, 0.5) is 5.95 Å². The number of nitrogens with one attached hydrogen (secondary N) is 1. The minimum Gasteiger partial charge on any atom is -0.395 e. The number of nitrogens with zero attached hydrogens (tertiary/aromatic N) is 3. The molecular formula is C11H15ClN4OS. The first-order chi connectivity index (χ1) is 8.63. The van der Waals surface area contributed by atoms with Crippen molar-refractivity contribution in [2.75, 3.05) is 18.2 Å². The minimum absolute atomic E-state index is 0.0814. The normalized spacial score (nSPS) is 14.7. The fourth-order valence-corrected chi connectivity index (χ4v) is 2.43. The van der Waals surface area contributed by atoms with Gasteiger partial charge in [-0.25, -0.2) is 4.52 Å². The van der Waals surface area contributed by atoms with Crippen LogP contribution < -0.4 is 5.32 Å². The first-order valence-corrected chi connectivity index (χ1v) is 7.22. The van der Waals surface area contributed by atoms with E-state index in [1.54, 1.807) is 28.5 Å². The van der Waals surface area contributed by atoms with Crippen LogP contribution in [0.15, 0.2) is 18.3 Å². The van der Waals surface area contributed by atoms with E-state index in [0.29, 0.717) is 11.0 Å². The predicted octanol–water partition coefficient (Wildman–Crippen LogP) is 1.91. The van der Waals surface area contributed by atoms with Crippen LogP contribution >= 0.6 is 23.4 Å². The highest BCUT2D eigenvalue weighted by Gasteiger charge is 2.16. The fourth-order valence-electron chi connectivity index (χ4n) is 1.65. The Kier molecular flexibility index (Phi) is 4.31. The average molecular weight is 287 g/mol. The number of hydrogen-bond donors (Lipinski definition) is 2. The molecule has 5 nitrogen and oxygen atoms in total. The zero-order valence-corrected chi connectivity index (χ0v) is 11.7. The summed E-state index contributed by atoms with van der Waals surface area (Å²) in [5, 5.41) is 17.4. The van der Waals surface area contributed by atoms with E-state index in [-0.39, 0.29) is 17.9 Å². The second-order valence-electron chi connectivity index (χ2n) is 3.98. The maximum atomic E-state index is 9.23. The van der Waals surface area contributed by atoms with Gasteiger partial charge in [-0.15, -0.1) is 5.10 Å². The second kappa shape index (κ2) is 5.77. The maximum absolute atomic E-state index is 9.23. The van der Waals surface area contributed by atoms with Gasteiger partial charge in [-0.3, -0.25) is 0 Å². The molecule has 0 aromatic carbocycles. The van der Waals surface area contributed by atoms with Gasteiger partial charge in [0.25, 0.3) is 0 Å². The number of aliphatic hydroxyl groups is 1. The smallest absolute Gasteiger partial charge is 0.243 e. The summed E-state index contributed by atoms with van der Waals surface area (Å²) in [6, 6.07) is 3.67. The SMILES string of the molecule is CSC(CO)C(C)Nc1nc2ccc(Cl)cn2n1. The van der Waals surface area contributed by atoms with Gasteiger partial charge in [-0.2, -0.15) is 16.7 Å². The third kappa shape index (κ3) is 2.88. The molecule has 2 aromatic rings. The van der Waals surface area contributed by atoms with Crippen molar-refractivity contribution in [3.8, 4) is 0 Å². The number of thioether (sulfide) groups is 1. The quantitative estimate of drug-likeness (QED) is 0.879. The third-order valence-corrected chi connectivity index (χ3v) is 4.08. The van der Waals surface area contributed by atoms with Crippen LogP contribution in [0.3, 0.4) is 0 Å². The highest BCUT2D eigenvalue weighted by Crippen LogP contribution is 2.15. The number of anilines is 1. The number of aliphatic hydroxyl groups excluding tert-OH is 1. The van der Waals surface area contributed by atoms with Crippen LogP contribution in [0.2, 0.25) is 5.02 Å². The largest absolute Gasteiger partial charge is 0.395 e. The molecule has 2 heterocycles. The monoisotopic (exact) mass is 286 g/mol. The lowest BCUT2D eigenvalue weighted by Gasteiger charge is -2.20. The summed E-state index contributed by atoms with van der Waals surface area (Å²) in [4.78, 5) is 4.34. The molecule has 98 valence electrons. The number of aromatic nitrogens is 3. The first-order valence-electron chi connectivity index (χ1n) is 5.56. The minimum atomic E-state index is 0.0814. The van der Waals surface area contributed by atoms with Gasteiger partial charge in [-0.05, 0) is 25.3 Å². The highest BCUT2D eigenvalue weighted by molar-refractivity contribution is 7.99. The van der Waals surface area contributed by atoms with Crippen molar-refractivity contribution in [2.24, 2.45) is 0 Å². The summed E-state index contributed by atoms with van der Waals surface area (Å²) in [6.07, 6.45) is 3.67. The lowest BCUT2D eigenvalue weighted by molar-refractivity contribution is 0.288. The molecule has 2 atom stereocenters. The molecule has 0 spiro atoms. The van der Waals surface area contributed by atoms with Crippen LogP contribution in [0, 0.1) is 0 Å². The van der Waals surface area contributed by atoms with E-state index >= 15 is 0 Å². The van der Waals surface area contributed by atoms with Crippen molar-refractivity contribution >= 4 is 35.0 Å². The van der Waals surface area contributed by atoms with Gasteiger partial charge in [0.05, 0.1) is 11.6 Å². The fraction of sp³-hybridized carbons (Fsp3) is 0.455. The molecule has 7 heteroatoms. The predicted molar refractivity (Wildman–Crippen MR) is 75.5 cm³/mol. The first kappa shape index (κ1) is 13.5. The number of halogens is 1. The number of fused-ring (bicyclic) bond motifs is 1. The maximum Gasteiger partial charge on any atom is 0.243 e. The van der Waals surface area contributed by atoms with Crippen LogP contribution in [0.5, 0.6) is 0 Å². The van der Waals surface area contributed by atoms with E-state index in [2.05, 4.69) is 15.4 Å². The Morgan fingerprint density at radius 2 is 2.33 bits per heavy atom. The van der Waals surface area contributed by atoms with E-state index in [4.69, 9.17) is 11.6 Å². The van der Waals surface area contributed by atoms with Gasteiger partial charge in [-0.1, -0.05) is 11.6 Å². The standard InChI is InChI=1S/C11H15ClN4OS/c1-7(9(6-17)18-2)13-11-14-10-4-3-8(12)5-16(10)15-11/h3-5,7,9,17H,6H2,1-2H3,(H,13,15). The molecule has 0 bridgehead atoms. The topological polar surface area (TPSA) is 62.5 Å². The summed E-state index contributed by atoms with van der Waals surface area (Å²) in [5.74, 6) is 0.539. The highest BCUT2D eigenvalue weighted by atomic mass is 35.5. The van der Waals surface area contributed by atoms with Gasteiger partial charge >= 0.3 is 0 Å². The van der Waals surface area contributed by atoms with E-state index in [9.17, 15) is 5.11 Å². The number of hydrogen-bond acceptors (Lipinski definition) is 5. The van der Waals surface area contributed by atoms with Crippen LogP contribution in [0.25, 0.3) is 5.65 Å². The third-order valence-electron chi connectivity index (χ3n) is 2.69. The Morgan fingerprint density at radius 1 is 1.56 bits per heavy atom. The summed E-state index contributed by atoms with van der Waals surface area (Å²) in [6.45, 7) is 2.12. The van der Waals surface area contributed by atoms with Crippen molar-refractivity contribution in [2.45, 2.75) is 18.2 Å². The molecule has 2 N–H and O–H groups in total. The number of rotatable bonds is 5. The number of pyridine rings is 1. The molecule has 0 aliphatic rings. The van der Waals surface area contributed by atoms with Crippen molar-refractivity contribution in [1.29, 1.82) is 0 Å². The zero-order valence-electron chi connectivity index (χ0n) is 10.2. The molecule has 0 radical (unpaired) electrons. The van der Waals surface area contributed by atoms with E-state index in [1.165, 1.54) is 0 Å². The molecule has 0 aliphatic heterocycles. The Balaban J connectivity index is 2.16. The van der Waals surface area contributed by atoms with Gasteiger partial charge in [0.15, 0.2) is 5.65 Å². The van der Waals surface area contributed by atoms with Crippen molar-refractivity contribution in [3.05, 3.63) is 23.4 Å². The van der Waals surface area contributed by atoms with E-state index in [0.717, 1.165) is 5.65 Å². The molecule has 0 amide bonds. The van der Waals surface area contributed by atoms with E-state index < -0.39 is 0 Å². The Bertz CT molecular complexity index is 529. The van der Waals surface area contributed by atoms with Gasteiger partial charge in [0.2, 0.25) is 5.95 Å². The van der Waals surface area contributed by atoms with Crippen LogP contribution in [-0.4, -0.2) is 43.9 Å². The Hall–Kier alpha value is -0.980. The molecule has 0 saturated heterocycles. The molecule has 0 aliphatic carbocycles. The van der Waals surface area contributed by atoms with Gasteiger partial charge in [0, 0.05) is 17.5 Å². The lowest BCUT2D eigenvalue weighted by atomic mass is 10.2. The molecular weight excluding hydrogens is 272 g/mol. The zero-order chi connectivity index (χ0) is 13.1. The van der Waals surface area contributed by atoms with Gasteiger partial charge in [0.1, 0.15) is 0 Å². The lowest BCUT2D eigenvalue weighted by Crippen LogP contribution is -2.31. The van der Waals surface area contributed by atoms with E-state index in [1.807, 2.05) is 19.2 Å². The van der Waals surface area contributed by atoms with Crippen molar-refractivity contribution < 1.29 is 5.11 Å². The average Bonchev–Trinajstić information content (AvgIpc) is 2.71. The summed E-state index contributed by atoms with van der Waals surface area (Å²) >= 11 is 7.49. The molecule has 0 saturated carbocycles. The molecule has 2 unspecified atom stereocenters. The Labute approximate surface area is 115 Å². The van der Waals surface area contributed by atoms with Crippen molar-refractivity contribution in [3.63, 3.8) is 0 Å². The Morgan fingerprint density at radius 3 is 3.00 bits per heavy atom. The second-order valence-corrected chi connectivity index (χ2v) is 5.49. The summed E-state index contributed by atoms with van der Waals surface area (Å²) in [5.41, 5.74) is 0.735. The molecule has 2 rings (SSSR count). The molecule has 2 aromatic heterocycles. The van der Waals surface area contributed by atoms with Crippen LogP contribution in [0.1, 0.15) is 6.92 Å². The molecule has 0 fully saturated rings.